The van der Waals surface area contributed by atoms with Gasteiger partial charge in [-0.2, -0.15) is 8.78 Å². The van der Waals surface area contributed by atoms with Gasteiger partial charge in [-0.3, -0.25) is 4.99 Å². The molecule has 82 valence electrons. The molecule has 0 aliphatic rings. The molecule has 0 fully saturated rings. The van der Waals surface area contributed by atoms with Gasteiger partial charge in [0.15, 0.2) is 0 Å². The second-order valence-electron chi connectivity index (χ2n) is 2.59. The van der Waals surface area contributed by atoms with Crippen LogP contribution in [0.1, 0.15) is 5.56 Å². The molecule has 0 amide bonds. The van der Waals surface area contributed by atoms with Crippen LogP contribution < -0.4 is 16.0 Å². The molecule has 0 aliphatic carbocycles. The smallest absolute Gasteiger partial charge is 0.387 e. The van der Waals surface area contributed by atoms with Gasteiger partial charge in [-0.1, -0.05) is 12.1 Å². The Bertz CT molecular complexity index is 355. The van der Waals surface area contributed by atoms with Crippen LogP contribution in [0.2, 0.25) is 0 Å². The Labute approximate surface area is 85.7 Å². The largest absolute Gasteiger partial charge is 0.434 e. The van der Waals surface area contributed by atoms with E-state index in [1.807, 2.05) is 0 Å². The lowest BCUT2D eigenvalue weighted by molar-refractivity contribution is -0.0499. The van der Waals surface area contributed by atoms with Crippen LogP contribution in [0.15, 0.2) is 29.3 Å². The summed E-state index contributed by atoms with van der Waals surface area (Å²) in [4.78, 5) is 3.80. The van der Waals surface area contributed by atoms with Crippen molar-refractivity contribution >= 4 is 5.84 Å². The Hall–Kier alpha value is -1.69. The topological polar surface area (TPSA) is 59.6 Å². The molecule has 0 bridgehead atoms. The van der Waals surface area contributed by atoms with Gasteiger partial charge in [-0.15, -0.1) is 0 Å². The van der Waals surface area contributed by atoms with E-state index in [0.29, 0.717) is 5.56 Å². The molecule has 3 N–H and O–H groups in total. The van der Waals surface area contributed by atoms with Crippen LogP contribution in [-0.2, 0) is 0 Å². The molecule has 0 aliphatic heterocycles. The maximum absolute atomic E-state index is 12.1. The lowest BCUT2D eigenvalue weighted by atomic mass is 10.2. The molecule has 1 aromatic rings. The summed E-state index contributed by atoms with van der Waals surface area (Å²) >= 11 is 0. The summed E-state index contributed by atoms with van der Waals surface area (Å²) in [5, 5.41) is 0. The summed E-state index contributed by atoms with van der Waals surface area (Å²) < 4.78 is 28.4. The lowest BCUT2D eigenvalue weighted by Gasteiger charge is -2.11. The molecule has 0 aromatic heterocycles. The zero-order valence-electron chi connectivity index (χ0n) is 8.08. The third-order valence-electron chi connectivity index (χ3n) is 1.72. The maximum atomic E-state index is 12.1. The van der Waals surface area contributed by atoms with E-state index in [1.54, 1.807) is 18.2 Å². The predicted octanol–water partition coefficient (Wildman–Crippen LogP) is 1.13. The van der Waals surface area contributed by atoms with E-state index in [4.69, 9.17) is 5.84 Å². The predicted molar refractivity (Wildman–Crippen MR) is 52.9 cm³/mol. The van der Waals surface area contributed by atoms with Crippen molar-refractivity contribution in [1.82, 2.24) is 5.43 Å². The van der Waals surface area contributed by atoms with Gasteiger partial charge in [-0.05, 0) is 12.1 Å². The summed E-state index contributed by atoms with van der Waals surface area (Å²) in [6, 6.07) is 6.27. The van der Waals surface area contributed by atoms with Gasteiger partial charge < -0.3 is 10.2 Å². The number of para-hydroxylation sites is 1. The molecule has 1 rings (SSSR count). The van der Waals surface area contributed by atoms with Crippen LogP contribution in [-0.4, -0.2) is 19.5 Å². The normalized spacial score (nSPS) is 11.7. The number of nitrogens with one attached hydrogen (secondary N) is 1. The highest BCUT2D eigenvalue weighted by atomic mass is 19.3. The maximum Gasteiger partial charge on any atom is 0.387 e. The molecule has 0 saturated carbocycles. The van der Waals surface area contributed by atoms with E-state index in [0.717, 1.165) is 0 Å². The van der Waals surface area contributed by atoms with Gasteiger partial charge in [0.25, 0.3) is 0 Å². The number of hydrogen-bond donors (Lipinski definition) is 2. The summed E-state index contributed by atoms with van der Waals surface area (Å²) in [6.07, 6.45) is 0. The number of aliphatic imine (C=N–C) groups is 1. The zero-order chi connectivity index (χ0) is 11.3. The zero-order valence-corrected chi connectivity index (χ0v) is 8.08. The van der Waals surface area contributed by atoms with Gasteiger partial charge in [0, 0.05) is 7.05 Å². The van der Waals surface area contributed by atoms with E-state index in [9.17, 15) is 8.78 Å². The number of amidine groups is 1. The summed E-state index contributed by atoms with van der Waals surface area (Å²) in [7, 11) is 1.49. The third-order valence-corrected chi connectivity index (χ3v) is 1.72. The van der Waals surface area contributed by atoms with Crippen molar-refractivity contribution in [2.45, 2.75) is 6.61 Å². The first-order valence-corrected chi connectivity index (χ1v) is 4.16. The minimum Gasteiger partial charge on any atom is -0.434 e. The molecule has 0 saturated heterocycles. The molecular weight excluding hydrogens is 204 g/mol. The van der Waals surface area contributed by atoms with E-state index >= 15 is 0 Å². The molecule has 15 heavy (non-hydrogen) atoms. The number of ether oxygens (including phenoxy) is 1. The Morgan fingerprint density at radius 3 is 2.67 bits per heavy atom. The molecule has 1 aromatic carbocycles. The quantitative estimate of drug-likeness (QED) is 0.344. The second-order valence-corrected chi connectivity index (χ2v) is 2.59. The highest BCUT2D eigenvalue weighted by Gasteiger charge is 2.12. The van der Waals surface area contributed by atoms with Crippen molar-refractivity contribution in [2.24, 2.45) is 10.8 Å². The molecule has 0 atom stereocenters. The Balaban J connectivity index is 3.05. The fraction of sp³-hybridized carbons (Fsp3) is 0.222. The number of hydrazine groups is 1. The van der Waals surface area contributed by atoms with Crippen LogP contribution in [0, 0.1) is 0 Å². The minimum atomic E-state index is -2.87. The van der Waals surface area contributed by atoms with E-state index in [-0.39, 0.29) is 11.6 Å². The van der Waals surface area contributed by atoms with E-state index in [2.05, 4.69) is 15.2 Å². The van der Waals surface area contributed by atoms with Gasteiger partial charge in [0.2, 0.25) is 0 Å². The van der Waals surface area contributed by atoms with Gasteiger partial charge in [0.05, 0.1) is 5.56 Å². The number of alkyl halides is 2. The fourth-order valence-electron chi connectivity index (χ4n) is 1.12. The van der Waals surface area contributed by atoms with Gasteiger partial charge >= 0.3 is 6.61 Å². The number of hydrogen-bond acceptors (Lipinski definition) is 3. The first-order valence-electron chi connectivity index (χ1n) is 4.16. The average Bonchev–Trinajstić information content (AvgIpc) is 2.21. The van der Waals surface area contributed by atoms with Crippen LogP contribution in [0.4, 0.5) is 8.78 Å². The molecule has 0 spiro atoms. The molecule has 4 nitrogen and oxygen atoms in total. The molecule has 0 unspecified atom stereocenters. The van der Waals surface area contributed by atoms with Gasteiger partial charge in [0.1, 0.15) is 11.6 Å². The van der Waals surface area contributed by atoms with Crippen LogP contribution in [0.25, 0.3) is 0 Å². The lowest BCUT2D eigenvalue weighted by Crippen LogP contribution is -2.31. The Kier molecular flexibility index (Phi) is 3.99. The van der Waals surface area contributed by atoms with Crippen molar-refractivity contribution < 1.29 is 13.5 Å². The SMILES string of the molecule is CN=C(NN)c1ccccc1OC(F)F. The molecule has 0 radical (unpaired) electrons. The average molecular weight is 215 g/mol. The van der Waals surface area contributed by atoms with Crippen LogP contribution in [0.5, 0.6) is 5.75 Å². The number of nitrogens with two attached hydrogens (primary N) is 1. The van der Waals surface area contributed by atoms with Crippen molar-refractivity contribution in [3.8, 4) is 5.75 Å². The van der Waals surface area contributed by atoms with Crippen molar-refractivity contribution in [1.29, 1.82) is 0 Å². The van der Waals surface area contributed by atoms with Crippen molar-refractivity contribution in [3.05, 3.63) is 29.8 Å². The fourth-order valence-corrected chi connectivity index (χ4v) is 1.12. The van der Waals surface area contributed by atoms with Crippen LogP contribution >= 0.6 is 0 Å². The Morgan fingerprint density at radius 2 is 2.13 bits per heavy atom. The third kappa shape index (κ3) is 2.88. The first-order chi connectivity index (χ1) is 7.19. The Morgan fingerprint density at radius 1 is 1.47 bits per heavy atom. The number of benzene rings is 1. The van der Waals surface area contributed by atoms with Crippen molar-refractivity contribution in [3.63, 3.8) is 0 Å². The van der Waals surface area contributed by atoms with Gasteiger partial charge in [-0.25, -0.2) is 5.84 Å². The molecular formula is C9H11F2N3O. The monoisotopic (exact) mass is 215 g/mol. The highest BCUT2D eigenvalue weighted by Crippen LogP contribution is 2.20. The second kappa shape index (κ2) is 5.26. The molecule has 0 heterocycles. The minimum absolute atomic E-state index is 0.0334. The standard InChI is InChI=1S/C9H11F2N3O/c1-13-8(14-12)6-4-2-3-5-7(6)15-9(10)11/h2-5,9H,12H2,1H3,(H,13,14). The highest BCUT2D eigenvalue weighted by molar-refractivity contribution is 6.00. The van der Waals surface area contributed by atoms with Crippen LogP contribution in [0.3, 0.4) is 0 Å². The number of halogens is 2. The summed E-state index contributed by atoms with van der Waals surface area (Å²) in [5.41, 5.74) is 2.70. The number of rotatable bonds is 3. The number of nitrogens with zero attached hydrogens (tertiary/aromatic N) is 1. The first kappa shape index (κ1) is 11.4. The summed E-state index contributed by atoms with van der Waals surface area (Å²) in [5.74, 6) is 5.51. The van der Waals surface area contributed by atoms with E-state index in [1.165, 1.54) is 13.1 Å². The van der Waals surface area contributed by atoms with E-state index < -0.39 is 6.61 Å². The van der Waals surface area contributed by atoms with Crippen molar-refractivity contribution in [2.75, 3.05) is 7.05 Å². The summed E-state index contributed by atoms with van der Waals surface area (Å²) in [6.45, 7) is -2.87. The molecule has 6 heteroatoms.